The Hall–Kier alpha value is -2.81. The van der Waals surface area contributed by atoms with E-state index in [4.69, 9.17) is 11.6 Å². The zero-order valence-corrected chi connectivity index (χ0v) is 15.1. The number of halogens is 4. The minimum atomic E-state index is -4.53. The summed E-state index contributed by atoms with van der Waals surface area (Å²) in [6.07, 6.45) is -1.55. The van der Waals surface area contributed by atoms with Gasteiger partial charge in [-0.3, -0.25) is 9.48 Å². The second kappa shape index (κ2) is 7.07. The van der Waals surface area contributed by atoms with Crippen molar-refractivity contribution in [2.75, 3.05) is 5.32 Å². The van der Waals surface area contributed by atoms with E-state index >= 15 is 0 Å². The van der Waals surface area contributed by atoms with E-state index in [1.54, 1.807) is 23.9 Å². The molecule has 142 valence electrons. The van der Waals surface area contributed by atoms with Crippen molar-refractivity contribution in [1.82, 2.24) is 19.6 Å². The van der Waals surface area contributed by atoms with Crippen LogP contribution in [0.15, 0.2) is 36.7 Å². The molecule has 10 heteroatoms. The van der Waals surface area contributed by atoms with Crippen LogP contribution in [0.1, 0.15) is 28.5 Å². The molecule has 3 aromatic rings. The number of benzene rings is 1. The number of hydrogen-bond acceptors (Lipinski definition) is 3. The van der Waals surface area contributed by atoms with E-state index < -0.39 is 17.6 Å². The van der Waals surface area contributed by atoms with Crippen LogP contribution in [0.4, 0.5) is 19.0 Å². The van der Waals surface area contributed by atoms with Gasteiger partial charge in [-0.15, -0.1) is 0 Å². The molecule has 2 aromatic heterocycles. The van der Waals surface area contributed by atoms with Crippen molar-refractivity contribution in [1.29, 1.82) is 0 Å². The molecule has 27 heavy (non-hydrogen) atoms. The van der Waals surface area contributed by atoms with Gasteiger partial charge >= 0.3 is 6.18 Å². The van der Waals surface area contributed by atoms with Gasteiger partial charge in [-0.2, -0.15) is 23.4 Å². The molecule has 1 aromatic carbocycles. The molecular weight excluding hydrogens is 383 g/mol. The number of hydrogen-bond donors (Lipinski definition) is 1. The number of carbonyl (C=O) groups excluding carboxylic acids is 1. The summed E-state index contributed by atoms with van der Waals surface area (Å²) in [6.45, 7) is 4.13. The number of rotatable bonds is 4. The Morgan fingerprint density at radius 2 is 2.04 bits per heavy atom. The Kier molecular flexibility index (Phi) is 4.97. The summed E-state index contributed by atoms with van der Waals surface area (Å²) in [5.74, 6) is -0.262. The van der Waals surface area contributed by atoms with Gasteiger partial charge in [-0.25, -0.2) is 4.68 Å². The molecule has 0 saturated heterocycles. The Balaban J connectivity index is 1.98. The molecule has 0 aliphatic heterocycles. The topological polar surface area (TPSA) is 64.7 Å². The fraction of sp³-hybridized carbons (Fsp3) is 0.235. The van der Waals surface area contributed by atoms with Gasteiger partial charge in [-0.05, 0) is 32.0 Å². The summed E-state index contributed by atoms with van der Waals surface area (Å²) in [5, 5.41) is 10.9. The van der Waals surface area contributed by atoms with E-state index in [0.29, 0.717) is 17.8 Å². The van der Waals surface area contributed by atoms with Crippen LogP contribution in [0, 0.1) is 6.92 Å². The molecule has 0 aliphatic carbocycles. The third kappa shape index (κ3) is 3.97. The van der Waals surface area contributed by atoms with Crippen molar-refractivity contribution in [3.05, 3.63) is 58.5 Å². The SMILES string of the molecule is CCn1cc(C(=O)Nc2cc(C)nn2-c2cc(C(F)(F)F)ccc2Cl)cn1. The first kappa shape index (κ1) is 19.0. The number of nitrogens with one attached hydrogen (secondary N) is 1. The number of alkyl halides is 3. The Morgan fingerprint density at radius 3 is 2.67 bits per heavy atom. The van der Waals surface area contributed by atoms with Crippen LogP contribution in [-0.4, -0.2) is 25.5 Å². The predicted molar refractivity (Wildman–Crippen MR) is 94.2 cm³/mol. The second-order valence-corrected chi connectivity index (χ2v) is 6.19. The van der Waals surface area contributed by atoms with E-state index in [1.165, 1.54) is 10.9 Å². The van der Waals surface area contributed by atoms with Gasteiger partial charge in [0.1, 0.15) is 5.82 Å². The second-order valence-electron chi connectivity index (χ2n) is 5.79. The van der Waals surface area contributed by atoms with Gasteiger partial charge in [0.15, 0.2) is 0 Å². The summed E-state index contributed by atoms with van der Waals surface area (Å²) >= 11 is 6.08. The van der Waals surface area contributed by atoms with Gasteiger partial charge in [0, 0.05) is 18.8 Å². The average Bonchev–Trinajstić information content (AvgIpc) is 3.21. The quantitative estimate of drug-likeness (QED) is 0.713. The highest BCUT2D eigenvalue weighted by molar-refractivity contribution is 6.32. The lowest BCUT2D eigenvalue weighted by Gasteiger charge is -2.13. The number of aromatic nitrogens is 4. The summed E-state index contributed by atoms with van der Waals surface area (Å²) < 4.78 is 41.9. The lowest BCUT2D eigenvalue weighted by Crippen LogP contribution is -2.15. The van der Waals surface area contributed by atoms with Gasteiger partial charge < -0.3 is 5.32 Å². The molecule has 3 rings (SSSR count). The zero-order chi connectivity index (χ0) is 19.8. The number of anilines is 1. The van der Waals surface area contributed by atoms with Crippen molar-refractivity contribution < 1.29 is 18.0 Å². The van der Waals surface area contributed by atoms with E-state index in [1.807, 2.05) is 6.92 Å². The van der Waals surface area contributed by atoms with Crippen LogP contribution in [-0.2, 0) is 12.7 Å². The van der Waals surface area contributed by atoms with Crippen LogP contribution in [0.3, 0.4) is 0 Å². The molecule has 0 spiro atoms. The molecule has 0 radical (unpaired) electrons. The van der Waals surface area contributed by atoms with Crippen LogP contribution in [0.2, 0.25) is 5.02 Å². The third-order valence-corrected chi connectivity index (χ3v) is 4.11. The molecule has 1 amide bonds. The molecule has 0 fully saturated rings. The first-order chi connectivity index (χ1) is 12.7. The number of aryl methyl sites for hydroxylation is 2. The summed E-state index contributed by atoms with van der Waals surface area (Å²) in [6, 6.07) is 4.46. The minimum absolute atomic E-state index is 0.0131. The van der Waals surface area contributed by atoms with Crippen molar-refractivity contribution in [3.8, 4) is 5.69 Å². The molecule has 0 atom stereocenters. The Morgan fingerprint density at radius 1 is 1.30 bits per heavy atom. The highest BCUT2D eigenvalue weighted by atomic mass is 35.5. The normalized spacial score (nSPS) is 11.6. The van der Waals surface area contributed by atoms with Gasteiger partial charge in [-0.1, -0.05) is 11.6 Å². The van der Waals surface area contributed by atoms with E-state index in [9.17, 15) is 18.0 Å². The Bertz CT molecular complexity index is 993. The van der Waals surface area contributed by atoms with E-state index in [-0.39, 0.29) is 16.5 Å². The number of nitrogens with zero attached hydrogens (tertiary/aromatic N) is 4. The average molecular weight is 398 g/mol. The van der Waals surface area contributed by atoms with Crippen LogP contribution in [0.5, 0.6) is 0 Å². The summed E-state index contributed by atoms with van der Waals surface area (Å²) in [5.41, 5.74) is -0.0314. The van der Waals surface area contributed by atoms with Crippen molar-refractivity contribution in [2.45, 2.75) is 26.6 Å². The van der Waals surface area contributed by atoms with Crippen LogP contribution >= 0.6 is 11.6 Å². The lowest BCUT2D eigenvalue weighted by atomic mass is 10.2. The predicted octanol–water partition coefficient (Wildman–Crippen LogP) is 4.32. The van der Waals surface area contributed by atoms with Crippen molar-refractivity contribution in [2.24, 2.45) is 0 Å². The van der Waals surface area contributed by atoms with E-state index in [0.717, 1.165) is 18.2 Å². The van der Waals surface area contributed by atoms with Crippen molar-refractivity contribution >= 4 is 23.3 Å². The fourth-order valence-corrected chi connectivity index (χ4v) is 2.66. The summed E-state index contributed by atoms with van der Waals surface area (Å²) in [7, 11) is 0. The third-order valence-electron chi connectivity index (χ3n) is 3.79. The monoisotopic (exact) mass is 397 g/mol. The largest absolute Gasteiger partial charge is 0.416 e. The molecule has 0 unspecified atom stereocenters. The molecule has 1 N–H and O–H groups in total. The first-order valence-electron chi connectivity index (χ1n) is 7.96. The molecule has 6 nitrogen and oxygen atoms in total. The maximum Gasteiger partial charge on any atom is 0.416 e. The van der Waals surface area contributed by atoms with Crippen LogP contribution in [0.25, 0.3) is 5.69 Å². The smallest absolute Gasteiger partial charge is 0.306 e. The standard InChI is InChI=1S/C17H15ClF3N5O/c1-3-25-9-11(8-22-25)16(27)23-15-6-10(2)24-26(15)14-7-12(17(19,20)21)4-5-13(14)18/h4-9H,3H2,1-2H3,(H,23,27). The van der Waals surface area contributed by atoms with Gasteiger partial charge in [0.2, 0.25) is 0 Å². The van der Waals surface area contributed by atoms with Crippen molar-refractivity contribution in [3.63, 3.8) is 0 Å². The molecule has 0 bridgehead atoms. The molecule has 0 saturated carbocycles. The molecular formula is C17H15ClF3N5O. The maximum absolute atomic E-state index is 13.0. The lowest BCUT2D eigenvalue weighted by molar-refractivity contribution is -0.137. The highest BCUT2D eigenvalue weighted by Gasteiger charge is 2.31. The maximum atomic E-state index is 13.0. The number of carbonyl (C=O) groups is 1. The van der Waals surface area contributed by atoms with Gasteiger partial charge in [0.05, 0.1) is 33.7 Å². The first-order valence-corrected chi connectivity index (χ1v) is 8.34. The van der Waals surface area contributed by atoms with E-state index in [2.05, 4.69) is 15.5 Å². The summed E-state index contributed by atoms with van der Waals surface area (Å²) in [4.78, 5) is 12.4. The minimum Gasteiger partial charge on any atom is -0.306 e. The highest BCUT2D eigenvalue weighted by Crippen LogP contribution is 2.34. The Labute approximate surface area is 157 Å². The molecule has 2 heterocycles. The zero-order valence-electron chi connectivity index (χ0n) is 14.4. The van der Waals surface area contributed by atoms with Gasteiger partial charge in [0.25, 0.3) is 5.91 Å². The van der Waals surface area contributed by atoms with Crippen LogP contribution < -0.4 is 5.32 Å². The number of amides is 1. The molecule has 0 aliphatic rings. The fourth-order valence-electron chi connectivity index (χ4n) is 2.47.